The van der Waals surface area contributed by atoms with Gasteiger partial charge < -0.3 is 5.32 Å². The third-order valence-electron chi connectivity index (χ3n) is 5.64. The van der Waals surface area contributed by atoms with Crippen molar-refractivity contribution in [3.05, 3.63) is 95.1 Å². The van der Waals surface area contributed by atoms with E-state index in [1.54, 1.807) is 6.07 Å². The molecule has 0 saturated heterocycles. The quantitative estimate of drug-likeness (QED) is 0.219. The summed E-state index contributed by atoms with van der Waals surface area (Å²) in [6.45, 7) is 3.98. The third-order valence-corrected chi connectivity index (χ3v) is 5.84. The van der Waals surface area contributed by atoms with Gasteiger partial charge in [0.15, 0.2) is 5.11 Å². The number of thiocarbonyl (C=S) groups is 1. The molecule has 0 spiro atoms. The molecule has 0 atom stereocenters. The molecular weight excluding hydrogens is 485 g/mol. The molecule has 4 aromatic rings. The number of pyridine rings is 1. The Morgan fingerprint density at radius 3 is 2.39 bits per heavy atom. The standard InChI is InChI=1S/C27H23F3N4OS/c1-3-17-9-11-18(12-10-17)24-15-20(19-14-16(2)8-13-22(19)31-24)25(35)33-34-26(36)32-23-7-5-4-6-21(23)27(28,29)30/h4-15H,3H2,1-2H3,(H,33,35)(H2,32,34,36). The summed E-state index contributed by atoms with van der Waals surface area (Å²) in [6, 6.07) is 20.2. The summed E-state index contributed by atoms with van der Waals surface area (Å²) in [6.07, 6.45) is -3.65. The van der Waals surface area contributed by atoms with Crippen molar-refractivity contribution in [2.24, 2.45) is 0 Å². The van der Waals surface area contributed by atoms with E-state index in [1.807, 2.05) is 49.4 Å². The number of aromatic nitrogens is 1. The smallest absolute Gasteiger partial charge is 0.331 e. The number of halogens is 3. The van der Waals surface area contributed by atoms with Crippen LogP contribution in [0.2, 0.25) is 0 Å². The Hall–Kier alpha value is -3.98. The normalized spacial score (nSPS) is 11.2. The minimum atomic E-state index is -4.55. The number of nitrogens with one attached hydrogen (secondary N) is 3. The fourth-order valence-corrected chi connectivity index (χ4v) is 3.92. The van der Waals surface area contributed by atoms with Gasteiger partial charge in [0.1, 0.15) is 0 Å². The number of fused-ring (bicyclic) bond motifs is 1. The molecule has 184 valence electrons. The first kappa shape index (κ1) is 25.1. The molecule has 0 unspecified atom stereocenters. The summed E-state index contributed by atoms with van der Waals surface area (Å²) in [5.74, 6) is -0.507. The molecule has 36 heavy (non-hydrogen) atoms. The zero-order valence-electron chi connectivity index (χ0n) is 19.5. The van der Waals surface area contributed by atoms with Crippen LogP contribution in [0.3, 0.4) is 0 Å². The first-order valence-electron chi connectivity index (χ1n) is 11.2. The van der Waals surface area contributed by atoms with Gasteiger partial charge in [0.25, 0.3) is 5.91 Å². The van der Waals surface area contributed by atoms with Crippen LogP contribution in [0, 0.1) is 6.92 Å². The maximum absolute atomic E-state index is 13.3. The van der Waals surface area contributed by atoms with Crippen molar-refractivity contribution in [1.29, 1.82) is 0 Å². The van der Waals surface area contributed by atoms with Crippen molar-refractivity contribution in [2.75, 3.05) is 5.32 Å². The molecule has 0 aliphatic carbocycles. The number of hydrogen-bond acceptors (Lipinski definition) is 3. The SMILES string of the molecule is CCc1ccc(-c2cc(C(=O)NNC(=S)Nc3ccccc3C(F)(F)F)c3cc(C)ccc3n2)cc1. The average Bonchev–Trinajstić information content (AvgIpc) is 2.86. The summed E-state index contributed by atoms with van der Waals surface area (Å²) in [5.41, 5.74) is 8.50. The van der Waals surface area contributed by atoms with Crippen molar-refractivity contribution >= 4 is 39.8 Å². The number of carbonyl (C=O) groups is 1. The first-order valence-corrected chi connectivity index (χ1v) is 11.6. The zero-order valence-corrected chi connectivity index (χ0v) is 20.3. The number of alkyl halides is 3. The van der Waals surface area contributed by atoms with E-state index < -0.39 is 17.6 Å². The van der Waals surface area contributed by atoms with Crippen LogP contribution in [0.5, 0.6) is 0 Å². The summed E-state index contributed by atoms with van der Waals surface area (Å²) < 4.78 is 39.8. The van der Waals surface area contributed by atoms with Gasteiger partial charge in [-0.15, -0.1) is 0 Å². The Labute approximate surface area is 211 Å². The molecule has 4 rings (SSSR count). The van der Waals surface area contributed by atoms with Crippen molar-refractivity contribution < 1.29 is 18.0 Å². The number of benzene rings is 3. The lowest BCUT2D eigenvalue weighted by molar-refractivity contribution is -0.136. The van der Waals surface area contributed by atoms with Gasteiger partial charge in [0.2, 0.25) is 0 Å². The number of carbonyl (C=O) groups excluding carboxylic acids is 1. The van der Waals surface area contributed by atoms with E-state index in [-0.39, 0.29) is 10.8 Å². The number of para-hydroxylation sites is 1. The third kappa shape index (κ3) is 5.63. The van der Waals surface area contributed by atoms with E-state index in [0.29, 0.717) is 22.2 Å². The Balaban J connectivity index is 1.58. The molecule has 0 bridgehead atoms. The van der Waals surface area contributed by atoms with E-state index in [0.717, 1.165) is 23.6 Å². The van der Waals surface area contributed by atoms with Crippen LogP contribution < -0.4 is 16.2 Å². The fraction of sp³-hybridized carbons (Fsp3) is 0.148. The number of hydrazine groups is 1. The summed E-state index contributed by atoms with van der Waals surface area (Å²) in [5, 5.41) is 2.94. The van der Waals surface area contributed by atoms with E-state index in [2.05, 4.69) is 23.1 Å². The monoisotopic (exact) mass is 508 g/mol. The van der Waals surface area contributed by atoms with Crippen molar-refractivity contribution in [1.82, 2.24) is 15.8 Å². The second-order valence-corrected chi connectivity index (χ2v) is 8.61. The van der Waals surface area contributed by atoms with E-state index in [1.165, 1.54) is 23.8 Å². The lowest BCUT2D eigenvalue weighted by atomic mass is 10.0. The van der Waals surface area contributed by atoms with Crippen molar-refractivity contribution in [2.45, 2.75) is 26.4 Å². The van der Waals surface area contributed by atoms with Gasteiger partial charge >= 0.3 is 6.18 Å². The number of hydrogen-bond donors (Lipinski definition) is 3. The van der Waals surface area contributed by atoms with Gasteiger partial charge in [0, 0.05) is 10.9 Å². The predicted octanol–water partition coefficient (Wildman–Crippen LogP) is 6.42. The number of aryl methyl sites for hydroxylation is 2. The van der Waals surface area contributed by atoms with Crippen LogP contribution >= 0.6 is 12.2 Å². The van der Waals surface area contributed by atoms with Crippen LogP contribution in [0.15, 0.2) is 72.8 Å². The molecule has 0 aliphatic heterocycles. The molecule has 9 heteroatoms. The highest BCUT2D eigenvalue weighted by molar-refractivity contribution is 7.80. The van der Waals surface area contributed by atoms with Gasteiger partial charge in [-0.2, -0.15) is 13.2 Å². The topological polar surface area (TPSA) is 66.1 Å². The molecule has 0 saturated carbocycles. The van der Waals surface area contributed by atoms with Crippen LogP contribution in [0.25, 0.3) is 22.2 Å². The van der Waals surface area contributed by atoms with Crippen LogP contribution in [-0.2, 0) is 12.6 Å². The summed E-state index contributed by atoms with van der Waals surface area (Å²) >= 11 is 5.11. The number of nitrogens with zero attached hydrogens (tertiary/aromatic N) is 1. The summed E-state index contributed by atoms with van der Waals surface area (Å²) in [4.78, 5) is 17.9. The minimum Gasteiger partial charge on any atom is -0.331 e. The van der Waals surface area contributed by atoms with Crippen LogP contribution in [0.1, 0.15) is 34.0 Å². The minimum absolute atomic E-state index is 0.190. The van der Waals surface area contributed by atoms with E-state index >= 15 is 0 Å². The van der Waals surface area contributed by atoms with Crippen LogP contribution in [0.4, 0.5) is 18.9 Å². The molecular formula is C27H23F3N4OS. The van der Waals surface area contributed by atoms with Crippen molar-refractivity contribution in [3.8, 4) is 11.3 Å². The highest BCUT2D eigenvalue weighted by Crippen LogP contribution is 2.34. The van der Waals surface area contributed by atoms with Gasteiger partial charge in [-0.25, -0.2) is 4.98 Å². The second kappa shape index (κ2) is 10.3. The molecule has 0 fully saturated rings. The van der Waals surface area contributed by atoms with E-state index in [9.17, 15) is 18.0 Å². The number of anilines is 1. The van der Waals surface area contributed by atoms with Crippen LogP contribution in [-0.4, -0.2) is 16.0 Å². The maximum Gasteiger partial charge on any atom is 0.418 e. The Bertz CT molecular complexity index is 1440. The number of amides is 1. The molecule has 0 radical (unpaired) electrons. The first-order chi connectivity index (χ1) is 17.2. The lowest BCUT2D eigenvalue weighted by Gasteiger charge is -2.16. The van der Waals surface area contributed by atoms with Crippen molar-refractivity contribution in [3.63, 3.8) is 0 Å². The van der Waals surface area contributed by atoms with Gasteiger partial charge in [0.05, 0.1) is 28.0 Å². The maximum atomic E-state index is 13.3. The van der Waals surface area contributed by atoms with Gasteiger partial charge in [-0.05, 0) is 61.5 Å². The number of rotatable bonds is 4. The molecule has 1 aromatic heterocycles. The largest absolute Gasteiger partial charge is 0.418 e. The van der Waals surface area contributed by atoms with Gasteiger partial charge in [-0.3, -0.25) is 15.6 Å². The highest BCUT2D eigenvalue weighted by Gasteiger charge is 2.33. The molecule has 3 aromatic carbocycles. The predicted molar refractivity (Wildman–Crippen MR) is 140 cm³/mol. The Morgan fingerprint density at radius 1 is 0.972 bits per heavy atom. The molecule has 1 amide bonds. The molecule has 5 nitrogen and oxygen atoms in total. The molecule has 3 N–H and O–H groups in total. The highest BCUT2D eigenvalue weighted by atomic mass is 32.1. The average molecular weight is 509 g/mol. The summed E-state index contributed by atoms with van der Waals surface area (Å²) in [7, 11) is 0. The van der Waals surface area contributed by atoms with Gasteiger partial charge in [-0.1, -0.05) is 55.0 Å². The molecule has 1 heterocycles. The second-order valence-electron chi connectivity index (χ2n) is 8.20. The van der Waals surface area contributed by atoms with E-state index in [4.69, 9.17) is 17.2 Å². The molecule has 0 aliphatic rings. The fourth-order valence-electron chi connectivity index (χ4n) is 3.76. The zero-order chi connectivity index (χ0) is 25.9. The Morgan fingerprint density at radius 2 is 1.69 bits per heavy atom. The Kier molecular flexibility index (Phi) is 7.21. The lowest BCUT2D eigenvalue weighted by Crippen LogP contribution is -2.44.